The lowest BCUT2D eigenvalue weighted by Crippen LogP contribution is -2.30. The van der Waals surface area contributed by atoms with Gasteiger partial charge in [-0.25, -0.2) is 0 Å². The Morgan fingerprint density at radius 3 is 2.50 bits per heavy atom. The van der Waals surface area contributed by atoms with E-state index in [1.54, 1.807) is 0 Å². The number of hydrogen-bond donors (Lipinski definition) is 2. The summed E-state index contributed by atoms with van der Waals surface area (Å²) in [6.45, 7) is 3.65. The van der Waals surface area contributed by atoms with Crippen molar-refractivity contribution in [2.75, 3.05) is 0 Å². The van der Waals surface area contributed by atoms with Crippen LogP contribution >= 0.6 is 11.8 Å². The third-order valence-electron chi connectivity index (χ3n) is 1.24. The molecule has 0 aromatic heterocycles. The number of carbonyl (C=O) groups excluding carboxylic acids is 1. The maximum absolute atomic E-state index is 11.0. The van der Waals surface area contributed by atoms with Gasteiger partial charge in [-0.05, 0) is 13.8 Å². The third kappa shape index (κ3) is 1.09. The van der Waals surface area contributed by atoms with Gasteiger partial charge in [-0.15, -0.1) is 0 Å². The lowest BCUT2D eigenvalue weighted by Gasteiger charge is -2.08. The van der Waals surface area contributed by atoms with Gasteiger partial charge in [0.2, 0.25) is 5.91 Å². The first kappa shape index (κ1) is 7.40. The van der Waals surface area contributed by atoms with Crippen LogP contribution in [0.3, 0.4) is 0 Å². The topological polar surface area (TPSA) is 67.5 Å². The Balaban J connectivity index is 2.81. The van der Waals surface area contributed by atoms with Crippen LogP contribution in [-0.4, -0.2) is 15.8 Å². The zero-order valence-corrected chi connectivity index (χ0v) is 6.66. The maximum atomic E-state index is 11.0. The number of nitrogens with two attached hydrogens (primary N) is 1. The lowest BCUT2D eigenvalue weighted by molar-refractivity contribution is -0.120. The Morgan fingerprint density at radius 2 is 2.30 bits per heavy atom. The highest BCUT2D eigenvalue weighted by atomic mass is 32.2. The highest BCUT2D eigenvalue weighted by Crippen LogP contribution is 2.29. The average molecular weight is 159 g/mol. The Labute approximate surface area is 63.2 Å². The van der Waals surface area contributed by atoms with Crippen molar-refractivity contribution >= 4 is 22.8 Å². The van der Waals surface area contributed by atoms with Gasteiger partial charge in [0.1, 0.15) is 0 Å². The zero-order chi connectivity index (χ0) is 7.78. The number of nitrogens with zero attached hydrogens (tertiary/aromatic N) is 1. The van der Waals surface area contributed by atoms with Gasteiger partial charge in [0.05, 0.1) is 4.75 Å². The molecule has 1 fully saturated rings. The van der Waals surface area contributed by atoms with Gasteiger partial charge in [-0.3, -0.25) is 4.79 Å². The van der Waals surface area contributed by atoms with Gasteiger partial charge in [0.15, 0.2) is 5.17 Å². The molecule has 3 N–H and O–H groups in total. The van der Waals surface area contributed by atoms with Crippen LogP contribution in [0.4, 0.5) is 0 Å². The summed E-state index contributed by atoms with van der Waals surface area (Å²) in [5.41, 5.74) is 0. The van der Waals surface area contributed by atoms with E-state index in [9.17, 15) is 4.79 Å². The summed E-state index contributed by atoms with van der Waals surface area (Å²) in [5, 5.41) is 6.42. The van der Waals surface area contributed by atoms with E-state index in [1.165, 1.54) is 11.8 Å². The summed E-state index contributed by atoms with van der Waals surface area (Å²) in [6, 6.07) is 0. The van der Waals surface area contributed by atoms with Crippen LogP contribution in [0.15, 0.2) is 5.10 Å². The number of hydrazone groups is 1. The minimum Gasteiger partial charge on any atom is -0.321 e. The standard InChI is InChI=1S/C5H9N3OS/c1-5(2)3(9)7-4(8-6)10-5/h6H2,1-2H3,(H,7,8,9). The van der Waals surface area contributed by atoms with Crippen LogP contribution in [-0.2, 0) is 4.79 Å². The lowest BCUT2D eigenvalue weighted by atomic mass is 10.2. The van der Waals surface area contributed by atoms with Crippen molar-refractivity contribution in [2.45, 2.75) is 18.6 Å². The monoisotopic (exact) mass is 159 g/mol. The van der Waals surface area contributed by atoms with Crippen LogP contribution < -0.4 is 11.2 Å². The molecular weight excluding hydrogens is 150 g/mol. The number of rotatable bonds is 0. The molecule has 4 nitrogen and oxygen atoms in total. The molecule has 0 bridgehead atoms. The molecule has 5 heteroatoms. The fraction of sp³-hybridized carbons (Fsp3) is 0.600. The highest BCUT2D eigenvalue weighted by Gasteiger charge is 2.37. The zero-order valence-electron chi connectivity index (χ0n) is 5.84. The summed E-state index contributed by atoms with van der Waals surface area (Å²) >= 11 is 1.34. The van der Waals surface area contributed by atoms with Crippen molar-refractivity contribution in [2.24, 2.45) is 10.9 Å². The molecule has 0 unspecified atom stereocenters. The Bertz CT molecular complexity index is 199. The van der Waals surface area contributed by atoms with Crippen LogP contribution in [0.1, 0.15) is 13.8 Å². The van der Waals surface area contributed by atoms with E-state index >= 15 is 0 Å². The van der Waals surface area contributed by atoms with E-state index in [1.807, 2.05) is 13.8 Å². The van der Waals surface area contributed by atoms with E-state index in [0.29, 0.717) is 5.17 Å². The number of amides is 1. The smallest absolute Gasteiger partial charge is 0.242 e. The second kappa shape index (κ2) is 2.16. The van der Waals surface area contributed by atoms with Gasteiger partial charge in [0.25, 0.3) is 0 Å². The molecule has 0 radical (unpaired) electrons. The number of hydrogen-bond acceptors (Lipinski definition) is 4. The van der Waals surface area contributed by atoms with Crippen molar-refractivity contribution in [1.82, 2.24) is 5.32 Å². The van der Waals surface area contributed by atoms with E-state index in [0.717, 1.165) is 0 Å². The Morgan fingerprint density at radius 1 is 1.70 bits per heavy atom. The molecule has 0 spiro atoms. The molecule has 0 aliphatic carbocycles. The summed E-state index contributed by atoms with van der Waals surface area (Å²) in [6.07, 6.45) is 0. The van der Waals surface area contributed by atoms with Crippen molar-refractivity contribution in [3.63, 3.8) is 0 Å². The normalized spacial score (nSPS) is 27.0. The number of carbonyl (C=O) groups is 1. The van der Waals surface area contributed by atoms with Crippen LogP contribution in [0.5, 0.6) is 0 Å². The van der Waals surface area contributed by atoms with Gasteiger partial charge in [-0.2, -0.15) is 5.10 Å². The summed E-state index contributed by atoms with van der Waals surface area (Å²) in [5.74, 6) is 4.93. The Hall–Kier alpha value is -0.710. The minimum atomic E-state index is -0.418. The molecule has 0 atom stereocenters. The van der Waals surface area contributed by atoms with E-state index in [-0.39, 0.29) is 5.91 Å². The molecule has 1 rings (SSSR count). The van der Waals surface area contributed by atoms with Crippen molar-refractivity contribution in [3.05, 3.63) is 0 Å². The van der Waals surface area contributed by atoms with Crippen molar-refractivity contribution < 1.29 is 4.79 Å². The molecule has 1 heterocycles. The quantitative estimate of drug-likeness (QED) is 0.382. The van der Waals surface area contributed by atoms with E-state index < -0.39 is 4.75 Å². The fourth-order valence-corrected chi connectivity index (χ4v) is 1.44. The maximum Gasteiger partial charge on any atom is 0.242 e. The summed E-state index contributed by atoms with van der Waals surface area (Å²) < 4.78 is -0.418. The summed E-state index contributed by atoms with van der Waals surface area (Å²) in [7, 11) is 0. The summed E-state index contributed by atoms with van der Waals surface area (Å²) in [4.78, 5) is 11.0. The molecule has 0 saturated carbocycles. The van der Waals surface area contributed by atoms with Crippen LogP contribution in [0, 0.1) is 0 Å². The van der Waals surface area contributed by atoms with Crippen LogP contribution in [0.25, 0.3) is 0 Å². The SMILES string of the molecule is CC1(C)S/C(=N\N)NC1=O. The minimum absolute atomic E-state index is 0.0401. The molecule has 1 amide bonds. The molecule has 1 saturated heterocycles. The average Bonchev–Trinajstić information content (AvgIpc) is 2.08. The van der Waals surface area contributed by atoms with Gasteiger partial charge >= 0.3 is 0 Å². The largest absolute Gasteiger partial charge is 0.321 e. The highest BCUT2D eigenvalue weighted by molar-refractivity contribution is 8.16. The second-order valence-corrected chi connectivity index (χ2v) is 4.11. The molecule has 0 aromatic rings. The Kier molecular flexibility index (Phi) is 1.60. The first-order valence-electron chi connectivity index (χ1n) is 2.84. The van der Waals surface area contributed by atoms with Gasteiger partial charge in [-0.1, -0.05) is 11.8 Å². The van der Waals surface area contributed by atoms with Crippen molar-refractivity contribution in [1.29, 1.82) is 0 Å². The van der Waals surface area contributed by atoms with Crippen molar-refractivity contribution in [3.8, 4) is 0 Å². The molecule has 56 valence electrons. The fourth-order valence-electron chi connectivity index (χ4n) is 0.620. The predicted molar refractivity (Wildman–Crippen MR) is 41.4 cm³/mol. The van der Waals surface area contributed by atoms with E-state index in [2.05, 4.69) is 10.4 Å². The number of nitrogens with one attached hydrogen (secondary N) is 1. The number of amidine groups is 1. The molecule has 0 aromatic carbocycles. The van der Waals surface area contributed by atoms with Crippen LogP contribution in [0.2, 0.25) is 0 Å². The van der Waals surface area contributed by atoms with Gasteiger partial charge in [0, 0.05) is 0 Å². The molecule has 1 aliphatic rings. The predicted octanol–water partition coefficient (Wildman–Crippen LogP) is -0.142. The molecule has 10 heavy (non-hydrogen) atoms. The van der Waals surface area contributed by atoms with E-state index in [4.69, 9.17) is 5.84 Å². The third-order valence-corrected chi connectivity index (χ3v) is 2.33. The molecule has 1 aliphatic heterocycles. The molecular formula is C5H9N3OS. The first-order valence-corrected chi connectivity index (χ1v) is 3.66. The number of thioether (sulfide) groups is 1. The second-order valence-electron chi connectivity index (χ2n) is 2.50. The van der Waals surface area contributed by atoms with Gasteiger partial charge < -0.3 is 11.2 Å². The first-order chi connectivity index (χ1) is 4.56.